The highest BCUT2D eigenvalue weighted by Gasteiger charge is 2.19. The zero-order valence-corrected chi connectivity index (χ0v) is 17.9. The summed E-state index contributed by atoms with van der Waals surface area (Å²) in [6.45, 7) is 5.64. The third kappa shape index (κ3) is 4.00. The molecule has 2 aromatic heterocycles. The van der Waals surface area contributed by atoms with Gasteiger partial charge in [0.05, 0.1) is 20.3 Å². The van der Waals surface area contributed by atoms with E-state index >= 15 is 0 Å². The van der Waals surface area contributed by atoms with Crippen LogP contribution >= 0.6 is 0 Å². The van der Waals surface area contributed by atoms with Gasteiger partial charge in [-0.1, -0.05) is 12.1 Å². The van der Waals surface area contributed by atoms with Gasteiger partial charge in [-0.2, -0.15) is 0 Å². The van der Waals surface area contributed by atoms with Crippen molar-refractivity contribution in [2.24, 2.45) is 0 Å². The highest BCUT2D eigenvalue weighted by molar-refractivity contribution is 5.76. The first-order valence-corrected chi connectivity index (χ1v) is 10.4. The van der Waals surface area contributed by atoms with Gasteiger partial charge in [0.2, 0.25) is 0 Å². The van der Waals surface area contributed by atoms with E-state index in [1.807, 2.05) is 31.2 Å². The van der Waals surface area contributed by atoms with E-state index in [1.165, 1.54) is 9.13 Å². The molecule has 9 nitrogen and oxygen atoms in total. The first-order valence-electron chi connectivity index (χ1n) is 10.4. The van der Waals surface area contributed by atoms with Crippen molar-refractivity contribution in [3.8, 4) is 11.5 Å². The van der Waals surface area contributed by atoms with Crippen LogP contribution in [-0.4, -0.2) is 45.5 Å². The van der Waals surface area contributed by atoms with Crippen molar-refractivity contribution in [3.05, 3.63) is 50.4 Å². The number of aromatic amines is 1. The van der Waals surface area contributed by atoms with Crippen molar-refractivity contribution < 1.29 is 14.2 Å². The average Bonchev–Trinajstić information content (AvgIpc) is 3.44. The van der Waals surface area contributed by atoms with Gasteiger partial charge >= 0.3 is 5.69 Å². The van der Waals surface area contributed by atoms with Crippen LogP contribution < -0.4 is 20.7 Å². The normalized spacial score (nSPS) is 16.4. The molecule has 1 fully saturated rings. The van der Waals surface area contributed by atoms with E-state index in [-0.39, 0.29) is 17.4 Å². The third-order valence-electron chi connectivity index (χ3n) is 5.31. The summed E-state index contributed by atoms with van der Waals surface area (Å²) >= 11 is 0. The number of hydrogen-bond acceptors (Lipinski definition) is 6. The van der Waals surface area contributed by atoms with Crippen LogP contribution in [0.2, 0.25) is 0 Å². The van der Waals surface area contributed by atoms with Crippen LogP contribution in [0, 0.1) is 0 Å². The zero-order valence-electron chi connectivity index (χ0n) is 17.9. The Morgan fingerprint density at radius 3 is 2.68 bits per heavy atom. The summed E-state index contributed by atoms with van der Waals surface area (Å²) < 4.78 is 19.5. The number of methoxy groups -OCH3 is 1. The van der Waals surface area contributed by atoms with E-state index < -0.39 is 0 Å². The Bertz CT molecular complexity index is 1230. The summed E-state index contributed by atoms with van der Waals surface area (Å²) in [4.78, 5) is 32.6. The van der Waals surface area contributed by atoms with Crippen LogP contribution in [0.1, 0.15) is 31.7 Å². The van der Waals surface area contributed by atoms with Crippen molar-refractivity contribution in [2.75, 3.05) is 20.3 Å². The Morgan fingerprint density at radius 2 is 2.00 bits per heavy atom. The number of H-pyrrole nitrogens is 1. The van der Waals surface area contributed by atoms with Gasteiger partial charge in [0.25, 0.3) is 5.56 Å². The number of rotatable bonds is 7. The Balaban J connectivity index is 1.64. The van der Waals surface area contributed by atoms with E-state index in [0.717, 1.165) is 12.0 Å². The molecule has 1 aliphatic heterocycles. The monoisotopic (exact) mass is 426 g/mol. The number of fused-ring (bicyclic) bond motifs is 1. The number of ether oxygens (including phenoxy) is 3. The van der Waals surface area contributed by atoms with Crippen LogP contribution in [0.3, 0.4) is 0 Å². The molecule has 164 valence electrons. The number of hydrogen-bond donors (Lipinski definition) is 1. The van der Waals surface area contributed by atoms with Crippen molar-refractivity contribution in [1.29, 1.82) is 0 Å². The van der Waals surface area contributed by atoms with Gasteiger partial charge in [-0.15, -0.1) is 0 Å². The smallest absolute Gasteiger partial charge is 0.332 e. The van der Waals surface area contributed by atoms with Crippen LogP contribution in [0.25, 0.3) is 23.3 Å². The molecule has 1 aliphatic rings. The van der Waals surface area contributed by atoms with Crippen LogP contribution in [0.4, 0.5) is 0 Å². The molecule has 0 unspecified atom stereocenters. The minimum atomic E-state index is -0.363. The summed E-state index contributed by atoms with van der Waals surface area (Å²) in [5, 5.41) is 0. The maximum atomic E-state index is 12.6. The number of benzene rings is 1. The number of nitrogens with zero attached hydrogens (tertiary/aromatic N) is 3. The molecule has 31 heavy (non-hydrogen) atoms. The zero-order chi connectivity index (χ0) is 22.0. The van der Waals surface area contributed by atoms with E-state index in [1.54, 1.807) is 20.1 Å². The predicted octanol–water partition coefficient (Wildman–Crippen LogP) is 2.27. The van der Waals surface area contributed by atoms with Gasteiger partial charge < -0.3 is 19.2 Å². The minimum Gasteiger partial charge on any atom is -0.493 e. The topological polar surface area (TPSA) is 100 Å². The first-order chi connectivity index (χ1) is 15.0. The molecule has 3 aromatic rings. The van der Waals surface area contributed by atoms with Crippen LogP contribution in [0.15, 0.2) is 27.8 Å². The Labute approximate surface area is 178 Å². The van der Waals surface area contributed by atoms with Gasteiger partial charge in [0.1, 0.15) is 17.4 Å². The summed E-state index contributed by atoms with van der Waals surface area (Å²) in [6, 6.07) is 5.65. The quantitative estimate of drug-likeness (QED) is 0.622. The molecule has 4 rings (SSSR count). The number of nitrogens with one attached hydrogen (secondary N) is 1. The Kier molecular flexibility index (Phi) is 5.94. The van der Waals surface area contributed by atoms with E-state index in [2.05, 4.69) is 9.97 Å². The fourth-order valence-corrected chi connectivity index (χ4v) is 3.67. The molecule has 1 saturated heterocycles. The average molecular weight is 426 g/mol. The van der Waals surface area contributed by atoms with E-state index in [4.69, 9.17) is 14.2 Å². The molecule has 3 heterocycles. The van der Waals surface area contributed by atoms with Crippen LogP contribution in [0.5, 0.6) is 11.5 Å². The summed E-state index contributed by atoms with van der Waals surface area (Å²) in [6.07, 6.45) is 4.52. The second kappa shape index (κ2) is 8.81. The standard InChI is InChI=1S/C22H26N4O5/c1-4-25-20-19(21(27)26(5-2)22(25)28)23-18(24-20)9-7-14-6-8-16(17(12-14)29-3)31-15-10-11-30-13-15/h6-9,12,15H,4-5,10-11,13H2,1-3H3,(H,23,24)/b9-7+/t15-/m1/s1. The lowest BCUT2D eigenvalue weighted by atomic mass is 10.2. The van der Waals surface area contributed by atoms with Gasteiger partial charge in [-0.25, -0.2) is 9.78 Å². The molecule has 0 amide bonds. The lowest BCUT2D eigenvalue weighted by Crippen LogP contribution is -2.39. The molecule has 0 aliphatic carbocycles. The predicted molar refractivity (Wildman–Crippen MR) is 118 cm³/mol. The fourth-order valence-electron chi connectivity index (χ4n) is 3.67. The molecular weight excluding hydrogens is 400 g/mol. The minimum absolute atomic E-state index is 0.0363. The number of imidazole rings is 1. The van der Waals surface area contributed by atoms with Crippen molar-refractivity contribution in [1.82, 2.24) is 19.1 Å². The van der Waals surface area contributed by atoms with E-state index in [0.29, 0.717) is 54.8 Å². The Hall–Kier alpha value is -3.33. The maximum absolute atomic E-state index is 12.6. The highest BCUT2D eigenvalue weighted by atomic mass is 16.6. The first kappa shape index (κ1) is 20.9. The molecule has 9 heteroatoms. The number of aryl methyl sites for hydroxylation is 1. The SMILES string of the molecule is CCn1c(=O)c2[nH]c(/C=C/c3ccc(O[C@@H]4CCOC4)c(OC)c3)nc2n(CC)c1=O. The summed E-state index contributed by atoms with van der Waals surface area (Å²) in [5.74, 6) is 1.79. The van der Waals surface area contributed by atoms with Gasteiger partial charge in [0, 0.05) is 19.5 Å². The lowest BCUT2D eigenvalue weighted by Gasteiger charge is -2.15. The second-order valence-electron chi connectivity index (χ2n) is 7.24. The lowest BCUT2D eigenvalue weighted by molar-refractivity contribution is 0.138. The molecule has 1 N–H and O–H groups in total. The van der Waals surface area contributed by atoms with Crippen molar-refractivity contribution in [3.63, 3.8) is 0 Å². The summed E-state index contributed by atoms with van der Waals surface area (Å²) in [5.41, 5.74) is 0.854. The maximum Gasteiger partial charge on any atom is 0.332 e. The molecule has 0 bridgehead atoms. The Morgan fingerprint density at radius 1 is 1.19 bits per heavy atom. The second-order valence-corrected chi connectivity index (χ2v) is 7.24. The van der Waals surface area contributed by atoms with Crippen molar-refractivity contribution in [2.45, 2.75) is 39.5 Å². The van der Waals surface area contributed by atoms with Gasteiger partial charge in [-0.05, 0) is 37.6 Å². The number of aromatic nitrogens is 4. The summed E-state index contributed by atoms with van der Waals surface area (Å²) in [7, 11) is 1.60. The largest absolute Gasteiger partial charge is 0.493 e. The van der Waals surface area contributed by atoms with Gasteiger partial charge in [-0.3, -0.25) is 13.9 Å². The van der Waals surface area contributed by atoms with Crippen molar-refractivity contribution >= 4 is 23.3 Å². The fraction of sp³-hybridized carbons (Fsp3) is 0.409. The highest BCUT2D eigenvalue weighted by Crippen LogP contribution is 2.30. The molecule has 0 saturated carbocycles. The molecule has 1 aromatic carbocycles. The third-order valence-corrected chi connectivity index (χ3v) is 5.31. The van der Waals surface area contributed by atoms with E-state index in [9.17, 15) is 9.59 Å². The molecule has 0 radical (unpaired) electrons. The molecule has 1 atom stereocenters. The molecular formula is C22H26N4O5. The van der Waals surface area contributed by atoms with Crippen LogP contribution in [-0.2, 0) is 17.8 Å². The molecule has 0 spiro atoms. The van der Waals surface area contributed by atoms with Gasteiger partial charge in [0.15, 0.2) is 17.1 Å².